The zero-order chi connectivity index (χ0) is 14.4. The van der Waals surface area contributed by atoms with Gasteiger partial charge < -0.3 is 5.32 Å². The second-order valence-corrected chi connectivity index (χ2v) is 5.37. The fraction of sp³-hybridized carbons (Fsp3) is 0.214. The summed E-state index contributed by atoms with van der Waals surface area (Å²) in [5.41, 5.74) is 1.32. The van der Waals surface area contributed by atoms with Crippen LogP contribution in [0.25, 0.3) is 16.7 Å². The Hall–Kier alpha value is -2.21. The maximum Gasteiger partial charge on any atom is 0.226 e. The Labute approximate surface area is 124 Å². The van der Waals surface area contributed by atoms with Gasteiger partial charge in [0.15, 0.2) is 5.65 Å². The number of hydrogen-bond donors (Lipinski definition) is 1. The molecule has 4 rings (SSSR count). The Kier molecular flexibility index (Phi) is 2.78. The zero-order valence-corrected chi connectivity index (χ0v) is 11.7. The first-order valence-corrected chi connectivity index (χ1v) is 7.02. The molecule has 1 N–H and O–H groups in total. The Morgan fingerprint density at radius 3 is 2.67 bits per heavy atom. The summed E-state index contributed by atoms with van der Waals surface area (Å²) in [6.45, 7) is 0. The largest absolute Gasteiger partial charge is 0.367 e. The topological polar surface area (TPSA) is 55.6 Å². The molecule has 0 amide bonds. The highest BCUT2D eigenvalue weighted by Crippen LogP contribution is 2.29. The minimum absolute atomic E-state index is 0.162. The number of anilines is 1. The molecule has 1 fully saturated rings. The molecule has 0 unspecified atom stereocenters. The number of benzene rings is 1. The van der Waals surface area contributed by atoms with Crippen molar-refractivity contribution in [1.82, 2.24) is 19.7 Å². The lowest BCUT2D eigenvalue weighted by atomic mass is 10.3. The van der Waals surface area contributed by atoms with Gasteiger partial charge in [0.25, 0.3) is 0 Å². The van der Waals surface area contributed by atoms with Crippen molar-refractivity contribution in [3.8, 4) is 5.69 Å². The van der Waals surface area contributed by atoms with Crippen LogP contribution in [0.5, 0.6) is 0 Å². The van der Waals surface area contributed by atoms with Gasteiger partial charge in [-0.05, 0) is 48.7 Å². The molecule has 2 aromatic heterocycles. The van der Waals surface area contributed by atoms with Gasteiger partial charge >= 0.3 is 0 Å². The smallest absolute Gasteiger partial charge is 0.226 e. The van der Waals surface area contributed by atoms with Crippen molar-refractivity contribution in [3.05, 3.63) is 41.6 Å². The Morgan fingerprint density at radius 2 is 1.95 bits per heavy atom. The van der Waals surface area contributed by atoms with Crippen LogP contribution in [0.2, 0.25) is 5.28 Å². The van der Waals surface area contributed by atoms with Crippen LogP contribution in [0.4, 0.5) is 10.2 Å². The third-order valence-corrected chi connectivity index (χ3v) is 3.56. The van der Waals surface area contributed by atoms with E-state index >= 15 is 0 Å². The van der Waals surface area contributed by atoms with Crippen LogP contribution in [0.1, 0.15) is 12.8 Å². The molecule has 7 heteroatoms. The highest BCUT2D eigenvalue weighted by molar-refractivity contribution is 6.28. The molecule has 0 atom stereocenters. The molecule has 1 saturated carbocycles. The Morgan fingerprint density at radius 1 is 1.19 bits per heavy atom. The van der Waals surface area contributed by atoms with Gasteiger partial charge in [0.1, 0.15) is 11.6 Å². The summed E-state index contributed by atoms with van der Waals surface area (Å²) < 4.78 is 14.7. The predicted octanol–water partition coefficient (Wildman–Crippen LogP) is 3.18. The molecule has 0 bridgehead atoms. The molecule has 0 saturated heterocycles. The van der Waals surface area contributed by atoms with Gasteiger partial charge in [0.05, 0.1) is 17.3 Å². The molecule has 5 nitrogen and oxygen atoms in total. The van der Waals surface area contributed by atoms with Crippen LogP contribution >= 0.6 is 11.6 Å². The first-order chi connectivity index (χ1) is 10.2. The lowest BCUT2D eigenvalue weighted by molar-refractivity contribution is 0.627. The molecular weight excluding hydrogens is 293 g/mol. The number of nitrogens with zero attached hydrogens (tertiary/aromatic N) is 4. The van der Waals surface area contributed by atoms with E-state index in [1.54, 1.807) is 23.0 Å². The Bertz CT molecular complexity index is 810. The van der Waals surface area contributed by atoms with E-state index in [1.165, 1.54) is 12.1 Å². The van der Waals surface area contributed by atoms with E-state index in [1.807, 2.05) is 0 Å². The van der Waals surface area contributed by atoms with Crippen LogP contribution in [0, 0.1) is 5.82 Å². The molecule has 1 aliphatic rings. The van der Waals surface area contributed by atoms with Crippen LogP contribution in [0.15, 0.2) is 30.5 Å². The summed E-state index contributed by atoms with van der Waals surface area (Å²) in [5.74, 6) is 0.403. The number of halogens is 2. The lowest BCUT2D eigenvalue weighted by Crippen LogP contribution is -2.05. The standard InChI is InChI=1S/C14H11ClFN5/c15-14-19-12(18-9-3-4-9)11-7-17-21(13(11)20-14)10-5-1-8(16)2-6-10/h1-2,5-7,9H,3-4H2,(H,18,19,20). The predicted molar refractivity (Wildman–Crippen MR) is 78.3 cm³/mol. The van der Waals surface area contributed by atoms with E-state index in [4.69, 9.17) is 11.6 Å². The number of hydrogen-bond acceptors (Lipinski definition) is 4. The molecule has 3 aromatic rings. The van der Waals surface area contributed by atoms with Crippen molar-refractivity contribution in [3.63, 3.8) is 0 Å². The summed E-state index contributed by atoms with van der Waals surface area (Å²) in [4.78, 5) is 8.48. The lowest BCUT2D eigenvalue weighted by Gasteiger charge is -2.06. The number of nitrogens with one attached hydrogen (secondary N) is 1. The highest BCUT2D eigenvalue weighted by Gasteiger charge is 2.23. The average molecular weight is 304 g/mol. The molecule has 1 aromatic carbocycles. The van der Waals surface area contributed by atoms with Crippen LogP contribution in [-0.2, 0) is 0 Å². The van der Waals surface area contributed by atoms with Crippen molar-refractivity contribution in [1.29, 1.82) is 0 Å². The molecule has 106 valence electrons. The quantitative estimate of drug-likeness (QED) is 0.755. The van der Waals surface area contributed by atoms with E-state index in [0.717, 1.165) is 23.9 Å². The van der Waals surface area contributed by atoms with Crippen molar-refractivity contribution < 1.29 is 4.39 Å². The SMILES string of the molecule is Fc1ccc(-n2ncc3c(NC4CC4)nc(Cl)nc32)cc1. The van der Waals surface area contributed by atoms with Gasteiger partial charge in [-0.2, -0.15) is 15.1 Å². The van der Waals surface area contributed by atoms with Gasteiger partial charge in [-0.3, -0.25) is 0 Å². The number of rotatable bonds is 3. The maximum absolute atomic E-state index is 13.0. The minimum Gasteiger partial charge on any atom is -0.367 e. The third-order valence-electron chi connectivity index (χ3n) is 3.39. The first-order valence-electron chi connectivity index (χ1n) is 6.64. The fourth-order valence-corrected chi connectivity index (χ4v) is 2.35. The Balaban J connectivity index is 1.86. The molecule has 1 aliphatic carbocycles. The summed E-state index contributed by atoms with van der Waals surface area (Å²) in [7, 11) is 0. The van der Waals surface area contributed by atoms with E-state index in [9.17, 15) is 4.39 Å². The molecule has 2 heterocycles. The first kappa shape index (κ1) is 12.5. The van der Waals surface area contributed by atoms with Crippen molar-refractivity contribution in [2.45, 2.75) is 18.9 Å². The molecule has 0 radical (unpaired) electrons. The van der Waals surface area contributed by atoms with Gasteiger partial charge in [-0.15, -0.1) is 0 Å². The molecule has 0 aliphatic heterocycles. The van der Waals surface area contributed by atoms with E-state index in [-0.39, 0.29) is 11.1 Å². The van der Waals surface area contributed by atoms with Gasteiger partial charge in [0, 0.05) is 6.04 Å². The highest BCUT2D eigenvalue weighted by atomic mass is 35.5. The fourth-order valence-electron chi connectivity index (χ4n) is 2.18. The zero-order valence-electron chi connectivity index (χ0n) is 10.9. The van der Waals surface area contributed by atoms with Crippen LogP contribution < -0.4 is 5.32 Å². The summed E-state index contributed by atoms with van der Waals surface area (Å²) in [6, 6.07) is 6.51. The third kappa shape index (κ3) is 2.31. The summed E-state index contributed by atoms with van der Waals surface area (Å²) in [6.07, 6.45) is 3.96. The normalized spacial score (nSPS) is 14.6. The summed E-state index contributed by atoms with van der Waals surface area (Å²) >= 11 is 6.01. The monoisotopic (exact) mass is 303 g/mol. The number of fused-ring (bicyclic) bond motifs is 1. The van der Waals surface area contributed by atoms with Crippen molar-refractivity contribution in [2.24, 2.45) is 0 Å². The molecule has 0 spiro atoms. The van der Waals surface area contributed by atoms with E-state index < -0.39 is 0 Å². The van der Waals surface area contributed by atoms with E-state index in [2.05, 4.69) is 20.4 Å². The minimum atomic E-state index is -0.293. The summed E-state index contributed by atoms with van der Waals surface area (Å²) in [5, 5.41) is 8.61. The van der Waals surface area contributed by atoms with Gasteiger partial charge in [-0.1, -0.05) is 0 Å². The van der Waals surface area contributed by atoms with E-state index in [0.29, 0.717) is 17.5 Å². The van der Waals surface area contributed by atoms with Crippen LogP contribution in [0.3, 0.4) is 0 Å². The van der Waals surface area contributed by atoms with Crippen molar-refractivity contribution in [2.75, 3.05) is 5.32 Å². The average Bonchev–Trinajstić information content (AvgIpc) is 3.17. The second-order valence-electron chi connectivity index (χ2n) is 5.03. The number of aromatic nitrogens is 4. The van der Waals surface area contributed by atoms with Crippen LogP contribution in [-0.4, -0.2) is 25.8 Å². The van der Waals surface area contributed by atoms with Crippen molar-refractivity contribution >= 4 is 28.5 Å². The molecule has 21 heavy (non-hydrogen) atoms. The molecular formula is C14H11ClFN5. The second kappa shape index (κ2) is 4.66. The van der Waals surface area contributed by atoms with Gasteiger partial charge in [-0.25, -0.2) is 9.07 Å². The van der Waals surface area contributed by atoms with Gasteiger partial charge in [0.2, 0.25) is 5.28 Å². The maximum atomic E-state index is 13.0.